The van der Waals surface area contributed by atoms with E-state index in [0.29, 0.717) is 25.2 Å². The molecule has 3 heterocycles. The van der Waals surface area contributed by atoms with Gasteiger partial charge in [-0.3, -0.25) is 9.69 Å². The van der Waals surface area contributed by atoms with E-state index in [1.165, 1.54) is 5.56 Å². The minimum absolute atomic E-state index is 0.0467. The number of aryl methyl sites for hydroxylation is 3. The molecule has 2 aromatic carbocycles. The standard InChI is InChI=1S/C27H34N6O2/c1-19-6-8-22(20(2)16-19)29-27(35)33-14-12-31(13-15-33)18-25-28-23-17-21(7-9-24(23)30(25)3)26(34)32-10-4-5-11-32/h6-9,16-17H,4-5,10-15,18H2,1-3H3,(H,29,35). The lowest BCUT2D eigenvalue weighted by Crippen LogP contribution is -2.49. The molecule has 2 aliphatic rings. The molecule has 0 spiro atoms. The second-order valence-corrected chi connectivity index (χ2v) is 9.80. The molecule has 2 fully saturated rings. The largest absolute Gasteiger partial charge is 0.339 e. The number of nitrogens with one attached hydrogen (secondary N) is 1. The molecule has 35 heavy (non-hydrogen) atoms. The Balaban J connectivity index is 1.20. The molecule has 0 saturated carbocycles. The number of aromatic nitrogens is 2. The van der Waals surface area contributed by atoms with Gasteiger partial charge in [-0.2, -0.15) is 0 Å². The van der Waals surface area contributed by atoms with Crippen molar-refractivity contribution < 1.29 is 9.59 Å². The summed E-state index contributed by atoms with van der Waals surface area (Å²) in [5, 5.41) is 3.05. The number of urea groups is 1. The molecule has 0 radical (unpaired) electrons. The van der Waals surface area contributed by atoms with E-state index in [1.807, 2.05) is 54.1 Å². The first-order valence-corrected chi connectivity index (χ1v) is 12.5. The lowest BCUT2D eigenvalue weighted by molar-refractivity contribution is 0.0793. The van der Waals surface area contributed by atoms with Crippen LogP contribution in [0.25, 0.3) is 11.0 Å². The maximum absolute atomic E-state index is 12.8. The Morgan fingerprint density at radius 3 is 2.37 bits per heavy atom. The number of imidazole rings is 1. The third-order valence-electron chi connectivity index (χ3n) is 7.26. The van der Waals surface area contributed by atoms with E-state index in [9.17, 15) is 9.59 Å². The van der Waals surface area contributed by atoms with Crippen LogP contribution < -0.4 is 5.32 Å². The maximum Gasteiger partial charge on any atom is 0.321 e. The van der Waals surface area contributed by atoms with Gasteiger partial charge in [0.05, 0.1) is 17.6 Å². The first kappa shape index (κ1) is 23.4. The highest BCUT2D eigenvalue weighted by atomic mass is 16.2. The van der Waals surface area contributed by atoms with E-state index in [4.69, 9.17) is 4.98 Å². The number of piperazine rings is 1. The second kappa shape index (κ2) is 9.70. The Hall–Kier alpha value is -3.39. The fourth-order valence-electron chi connectivity index (χ4n) is 5.08. The summed E-state index contributed by atoms with van der Waals surface area (Å²) in [4.78, 5) is 36.6. The number of anilines is 1. The van der Waals surface area contributed by atoms with Crippen LogP contribution in [0.15, 0.2) is 36.4 Å². The molecule has 3 amide bonds. The Morgan fingerprint density at radius 2 is 1.66 bits per heavy atom. The van der Waals surface area contributed by atoms with Crippen molar-refractivity contribution >= 4 is 28.7 Å². The number of hydrogen-bond acceptors (Lipinski definition) is 4. The number of hydrogen-bond donors (Lipinski definition) is 1. The third-order valence-corrected chi connectivity index (χ3v) is 7.26. The van der Waals surface area contributed by atoms with Gasteiger partial charge in [-0.25, -0.2) is 9.78 Å². The van der Waals surface area contributed by atoms with Crippen LogP contribution >= 0.6 is 0 Å². The van der Waals surface area contributed by atoms with Gasteiger partial charge in [-0.15, -0.1) is 0 Å². The lowest BCUT2D eigenvalue weighted by Gasteiger charge is -2.34. The minimum Gasteiger partial charge on any atom is -0.339 e. The normalized spacial score (nSPS) is 16.8. The molecule has 3 aromatic rings. The Bertz CT molecular complexity index is 1250. The summed E-state index contributed by atoms with van der Waals surface area (Å²) in [6.45, 7) is 9.41. The molecule has 1 N–H and O–H groups in total. The fourth-order valence-corrected chi connectivity index (χ4v) is 5.08. The van der Waals surface area contributed by atoms with Gasteiger partial charge in [0.15, 0.2) is 0 Å². The number of fused-ring (bicyclic) bond motifs is 1. The Morgan fingerprint density at radius 1 is 0.914 bits per heavy atom. The number of carbonyl (C=O) groups is 2. The van der Waals surface area contributed by atoms with Crippen molar-refractivity contribution in [2.75, 3.05) is 44.6 Å². The molecule has 0 bridgehead atoms. The van der Waals surface area contributed by atoms with Gasteiger partial charge < -0.3 is 19.7 Å². The molecule has 2 aliphatic heterocycles. The zero-order valence-corrected chi connectivity index (χ0v) is 20.9. The first-order chi connectivity index (χ1) is 16.9. The smallest absolute Gasteiger partial charge is 0.321 e. The molecule has 0 aliphatic carbocycles. The van der Waals surface area contributed by atoms with Gasteiger partial charge in [0.1, 0.15) is 5.82 Å². The highest BCUT2D eigenvalue weighted by molar-refractivity contribution is 5.97. The fraction of sp³-hybridized carbons (Fsp3) is 0.444. The molecular formula is C27H34N6O2. The monoisotopic (exact) mass is 474 g/mol. The summed E-state index contributed by atoms with van der Waals surface area (Å²) < 4.78 is 2.11. The number of carbonyl (C=O) groups excluding carboxylic acids is 2. The van der Waals surface area contributed by atoms with Gasteiger partial charge in [0.2, 0.25) is 0 Å². The summed E-state index contributed by atoms with van der Waals surface area (Å²) in [7, 11) is 2.03. The molecule has 0 atom stereocenters. The average Bonchev–Trinajstić information content (AvgIpc) is 3.49. The molecule has 2 saturated heterocycles. The van der Waals surface area contributed by atoms with Crippen LogP contribution in [0, 0.1) is 13.8 Å². The van der Waals surface area contributed by atoms with E-state index in [0.717, 1.165) is 67.1 Å². The molecule has 8 nitrogen and oxygen atoms in total. The number of nitrogens with zero attached hydrogens (tertiary/aromatic N) is 5. The van der Waals surface area contributed by atoms with Crippen molar-refractivity contribution in [3.05, 3.63) is 58.9 Å². The molecule has 5 rings (SSSR count). The lowest BCUT2D eigenvalue weighted by atomic mass is 10.1. The van der Waals surface area contributed by atoms with Crippen molar-refractivity contribution in [3.8, 4) is 0 Å². The van der Waals surface area contributed by atoms with Gasteiger partial charge >= 0.3 is 6.03 Å². The third kappa shape index (κ3) is 4.89. The SMILES string of the molecule is Cc1ccc(NC(=O)N2CCN(Cc3nc4cc(C(=O)N5CCCC5)ccc4n3C)CC2)c(C)c1. The summed E-state index contributed by atoms with van der Waals surface area (Å²) in [5.74, 6) is 1.07. The van der Waals surface area contributed by atoms with Gasteiger partial charge in [0.25, 0.3) is 5.91 Å². The zero-order valence-electron chi connectivity index (χ0n) is 20.9. The van der Waals surface area contributed by atoms with Crippen LogP contribution in [-0.4, -0.2) is 75.5 Å². The van der Waals surface area contributed by atoms with E-state index in [2.05, 4.69) is 27.8 Å². The van der Waals surface area contributed by atoms with Gasteiger partial charge in [-0.1, -0.05) is 17.7 Å². The van der Waals surface area contributed by atoms with Crippen LogP contribution in [0.5, 0.6) is 0 Å². The van der Waals surface area contributed by atoms with Crippen molar-refractivity contribution in [2.45, 2.75) is 33.2 Å². The van der Waals surface area contributed by atoms with Crippen molar-refractivity contribution in [1.82, 2.24) is 24.3 Å². The summed E-state index contributed by atoms with van der Waals surface area (Å²) in [5.41, 5.74) is 5.73. The van der Waals surface area contributed by atoms with Crippen LogP contribution in [0.2, 0.25) is 0 Å². The number of rotatable bonds is 4. The molecule has 184 valence electrons. The predicted molar refractivity (Wildman–Crippen MR) is 138 cm³/mol. The molecule has 0 unspecified atom stereocenters. The quantitative estimate of drug-likeness (QED) is 0.625. The predicted octanol–water partition coefficient (Wildman–Crippen LogP) is 3.78. The topological polar surface area (TPSA) is 73.7 Å². The summed E-state index contributed by atoms with van der Waals surface area (Å²) in [6, 6.07) is 11.9. The average molecular weight is 475 g/mol. The highest BCUT2D eigenvalue weighted by Crippen LogP contribution is 2.21. The maximum atomic E-state index is 12.8. The zero-order chi connectivity index (χ0) is 24.5. The van der Waals surface area contributed by atoms with Crippen LogP contribution in [0.3, 0.4) is 0 Å². The Labute approximate surface area is 206 Å². The van der Waals surface area contributed by atoms with Crippen LogP contribution in [0.4, 0.5) is 10.5 Å². The molecular weight excluding hydrogens is 440 g/mol. The van der Waals surface area contributed by atoms with Crippen molar-refractivity contribution in [1.29, 1.82) is 0 Å². The van der Waals surface area contributed by atoms with Crippen molar-refractivity contribution in [3.63, 3.8) is 0 Å². The highest BCUT2D eigenvalue weighted by Gasteiger charge is 2.24. The van der Waals surface area contributed by atoms with Crippen LogP contribution in [-0.2, 0) is 13.6 Å². The first-order valence-electron chi connectivity index (χ1n) is 12.5. The number of amides is 3. The van der Waals surface area contributed by atoms with Gasteiger partial charge in [0, 0.05) is 57.6 Å². The van der Waals surface area contributed by atoms with E-state index >= 15 is 0 Å². The summed E-state index contributed by atoms with van der Waals surface area (Å²) in [6.07, 6.45) is 2.17. The van der Waals surface area contributed by atoms with Crippen LogP contribution in [0.1, 0.15) is 40.2 Å². The van der Waals surface area contributed by atoms with Gasteiger partial charge in [-0.05, 0) is 56.5 Å². The number of benzene rings is 2. The van der Waals surface area contributed by atoms with E-state index in [-0.39, 0.29) is 11.9 Å². The van der Waals surface area contributed by atoms with Crippen molar-refractivity contribution in [2.24, 2.45) is 7.05 Å². The molecule has 8 heteroatoms. The van der Waals surface area contributed by atoms with E-state index < -0.39 is 0 Å². The second-order valence-electron chi connectivity index (χ2n) is 9.80. The van der Waals surface area contributed by atoms with E-state index in [1.54, 1.807) is 0 Å². The Kier molecular flexibility index (Phi) is 6.47. The molecule has 1 aromatic heterocycles. The number of likely N-dealkylation sites (tertiary alicyclic amines) is 1. The minimum atomic E-state index is -0.0467. The summed E-state index contributed by atoms with van der Waals surface area (Å²) >= 11 is 0.